The van der Waals surface area contributed by atoms with Gasteiger partial charge < -0.3 is 25.0 Å². The summed E-state index contributed by atoms with van der Waals surface area (Å²) in [5.74, 6) is 0.858. The first-order valence-corrected chi connectivity index (χ1v) is 9.74. The lowest BCUT2D eigenvalue weighted by Crippen LogP contribution is -2.48. The van der Waals surface area contributed by atoms with Crippen LogP contribution in [0.5, 0.6) is 11.5 Å². The Labute approximate surface area is 182 Å². The molecule has 1 fully saturated rings. The summed E-state index contributed by atoms with van der Waals surface area (Å²) in [6, 6.07) is 12.9. The number of aryl methyl sites for hydroxylation is 1. The Morgan fingerprint density at radius 3 is 2.77 bits per heavy atom. The number of ether oxygens (including phenoxy) is 2. The van der Waals surface area contributed by atoms with Gasteiger partial charge in [0, 0.05) is 25.7 Å². The fraction of sp³-hybridized carbons (Fsp3) is 0.364. The van der Waals surface area contributed by atoms with Gasteiger partial charge in [-0.05, 0) is 42.3 Å². The summed E-state index contributed by atoms with van der Waals surface area (Å²) in [7, 11) is 1.62. The van der Waals surface area contributed by atoms with Crippen molar-refractivity contribution in [3.05, 3.63) is 59.2 Å². The molecule has 0 saturated carbocycles. The van der Waals surface area contributed by atoms with Crippen molar-refractivity contribution in [2.24, 2.45) is 0 Å². The Balaban J connectivity index is 0.00000256. The summed E-state index contributed by atoms with van der Waals surface area (Å²) in [6.45, 7) is 3.63. The molecule has 0 unspecified atom stereocenters. The Bertz CT molecular complexity index is 936. The average molecular weight is 432 g/mol. The maximum atomic E-state index is 12.8. The van der Waals surface area contributed by atoms with Gasteiger partial charge in [0.2, 0.25) is 5.91 Å². The van der Waals surface area contributed by atoms with E-state index in [2.05, 4.69) is 10.6 Å². The second kappa shape index (κ2) is 9.47. The highest BCUT2D eigenvalue weighted by Crippen LogP contribution is 2.27. The number of carbonyl (C=O) groups excluding carboxylic acids is 2. The largest absolute Gasteiger partial charge is 0.457 e. The van der Waals surface area contributed by atoms with Gasteiger partial charge in [-0.1, -0.05) is 18.2 Å². The van der Waals surface area contributed by atoms with Gasteiger partial charge in [-0.2, -0.15) is 0 Å². The summed E-state index contributed by atoms with van der Waals surface area (Å²) < 4.78 is 12.1. The monoisotopic (exact) mass is 431 g/mol. The molecule has 2 aliphatic rings. The first kappa shape index (κ1) is 22.1. The molecule has 0 radical (unpaired) electrons. The Hall–Kier alpha value is -2.61. The number of hydrogen-bond donors (Lipinski definition) is 2. The van der Waals surface area contributed by atoms with E-state index in [0.29, 0.717) is 36.8 Å². The molecule has 2 atom stereocenters. The quantitative estimate of drug-likeness (QED) is 0.669. The summed E-state index contributed by atoms with van der Waals surface area (Å²) in [5.41, 5.74) is 2.38. The third-order valence-corrected chi connectivity index (χ3v) is 5.26. The van der Waals surface area contributed by atoms with Crippen LogP contribution in [0.1, 0.15) is 21.5 Å². The van der Waals surface area contributed by atoms with Crippen LogP contribution in [0.4, 0.5) is 0 Å². The number of nitrogens with one attached hydrogen (secondary N) is 2. The first-order valence-electron chi connectivity index (χ1n) is 9.74. The van der Waals surface area contributed by atoms with Crippen LogP contribution < -0.4 is 15.4 Å². The van der Waals surface area contributed by atoms with Crippen LogP contribution in [0.2, 0.25) is 0 Å². The maximum absolute atomic E-state index is 12.8. The lowest BCUT2D eigenvalue weighted by molar-refractivity contribution is -0.123. The molecule has 2 amide bonds. The minimum absolute atomic E-state index is 0. The molecule has 0 aromatic heterocycles. The maximum Gasteiger partial charge on any atom is 0.254 e. The van der Waals surface area contributed by atoms with E-state index in [1.54, 1.807) is 19.2 Å². The van der Waals surface area contributed by atoms with Gasteiger partial charge in [-0.3, -0.25) is 9.59 Å². The number of amides is 2. The van der Waals surface area contributed by atoms with E-state index in [1.165, 1.54) is 4.90 Å². The van der Waals surface area contributed by atoms with Gasteiger partial charge in [-0.25, -0.2) is 0 Å². The molecule has 30 heavy (non-hydrogen) atoms. The van der Waals surface area contributed by atoms with E-state index >= 15 is 0 Å². The van der Waals surface area contributed by atoms with Crippen molar-refractivity contribution < 1.29 is 19.1 Å². The summed E-state index contributed by atoms with van der Waals surface area (Å²) in [4.78, 5) is 26.7. The number of benzene rings is 2. The van der Waals surface area contributed by atoms with E-state index in [0.717, 1.165) is 11.1 Å². The van der Waals surface area contributed by atoms with Crippen molar-refractivity contribution in [3.8, 4) is 11.5 Å². The lowest BCUT2D eigenvalue weighted by atomic mass is 10.1. The van der Waals surface area contributed by atoms with E-state index < -0.39 is 0 Å². The first-order chi connectivity index (χ1) is 14.0. The molecule has 8 heteroatoms. The molecule has 4 rings (SSSR count). The Kier molecular flexibility index (Phi) is 6.97. The highest BCUT2D eigenvalue weighted by molar-refractivity contribution is 5.96. The summed E-state index contributed by atoms with van der Waals surface area (Å²) >= 11 is 0. The fourth-order valence-corrected chi connectivity index (χ4v) is 3.61. The van der Waals surface area contributed by atoms with Crippen molar-refractivity contribution in [3.63, 3.8) is 0 Å². The predicted molar refractivity (Wildman–Crippen MR) is 115 cm³/mol. The highest BCUT2D eigenvalue weighted by Gasteiger charge is 2.30. The van der Waals surface area contributed by atoms with Crippen LogP contribution in [0.3, 0.4) is 0 Å². The van der Waals surface area contributed by atoms with Crippen molar-refractivity contribution in [1.29, 1.82) is 0 Å². The molecule has 4 bridgehead atoms. The van der Waals surface area contributed by atoms with E-state index in [9.17, 15) is 9.59 Å². The molecular formula is C22H26ClN3O4. The highest BCUT2D eigenvalue weighted by atomic mass is 35.5. The van der Waals surface area contributed by atoms with Crippen molar-refractivity contribution in [2.75, 3.05) is 26.7 Å². The average Bonchev–Trinajstić information content (AvgIpc) is 3.14. The molecular weight excluding hydrogens is 406 g/mol. The third-order valence-electron chi connectivity index (χ3n) is 5.26. The number of rotatable bonds is 0. The molecule has 0 spiro atoms. The third kappa shape index (κ3) is 4.92. The number of nitrogens with zero attached hydrogens (tertiary/aromatic N) is 1. The van der Waals surface area contributed by atoms with Gasteiger partial charge in [0.1, 0.15) is 11.5 Å². The van der Waals surface area contributed by atoms with Gasteiger partial charge in [-0.15, -0.1) is 12.4 Å². The van der Waals surface area contributed by atoms with Crippen molar-refractivity contribution >= 4 is 24.2 Å². The zero-order valence-corrected chi connectivity index (χ0v) is 17.8. The van der Waals surface area contributed by atoms with Gasteiger partial charge in [0.25, 0.3) is 5.91 Å². The van der Waals surface area contributed by atoms with Crippen LogP contribution in [0.25, 0.3) is 0 Å². The van der Waals surface area contributed by atoms with Crippen LogP contribution in [-0.4, -0.2) is 55.5 Å². The van der Waals surface area contributed by atoms with Crippen LogP contribution in [0.15, 0.2) is 42.5 Å². The number of carbonyl (C=O) groups is 2. The van der Waals surface area contributed by atoms with E-state index in [1.807, 2.05) is 37.3 Å². The minimum atomic E-state index is -0.233. The van der Waals surface area contributed by atoms with Crippen molar-refractivity contribution in [1.82, 2.24) is 15.5 Å². The second-order valence-electron chi connectivity index (χ2n) is 7.57. The van der Waals surface area contributed by atoms with Crippen LogP contribution >= 0.6 is 12.4 Å². The minimum Gasteiger partial charge on any atom is -0.457 e. The second-order valence-corrected chi connectivity index (χ2v) is 7.57. The molecule has 7 nitrogen and oxygen atoms in total. The standard InChI is InChI=1S/C22H25N3O4.ClH/c1-14-6-7-16-9-19(14)29-17-5-3-4-15(8-17)13-28-20-11-23-10-18(20)24-21(26)12-25(2)22(16)27;/h3-9,18,20,23H,10-13H2,1-2H3,(H,24,26);1H/t18-,20-;/m0./s1. The zero-order valence-electron chi connectivity index (χ0n) is 17.0. The van der Waals surface area contributed by atoms with Crippen LogP contribution in [-0.2, 0) is 16.1 Å². The van der Waals surface area contributed by atoms with E-state index in [4.69, 9.17) is 9.47 Å². The number of likely N-dealkylation sites (N-methyl/N-ethyl adjacent to an activating group) is 1. The summed E-state index contributed by atoms with van der Waals surface area (Å²) in [6.07, 6.45) is -0.132. The number of fused-ring (bicyclic) bond motifs is 5. The number of hydrogen-bond acceptors (Lipinski definition) is 5. The normalized spacial score (nSPS) is 21.9. The molecule has 0 aliphatic carbocycles. The van der Waals surface area contributed by atoms with E-state index in [-0.39, 0.29) is 42.9 Å². The molecule has 160 valence electrons. The van der Waals surface area contributed by atoms with Gasteiger partial charge in [0.05, 0.1) is 25.3 Å². The van der Waals surface area contributed by atoms with Crippen molar-refractivity contribution in [2.45, 2.75) is 25.7 Å². The molecule has 2 aliphatic heterocycles. The zero-order chi connectivity index (χ0) is 20.4. The molecule has 2 heterocycles. The molecule has 1 saturated heterocycles. The molecule has 2 aromatic rings. The molecule has 2 N–H and O–H groups in total. The van der Waals surface area contributed by atoms with Crippen LogP contribution in [0, 0.1) is 6.92 Å². The Morgan fingerprint density at radius 1 is 1.10 bits per heavy atom. The number of halogens is 1. The summed E-state index contributed by atoms with van der Waals surface area (Å²) in [5, 5.41) is 6.24. The van der Waals surface area contributed by atoms with Gasteiger partial charge >= 0.3 is 0 Å². The molecule has 2 aromatic carbocycles. The SMILES string of the molecule is Cc1ccc2cc1Oc1cccc(c1)CO[C@H]1CNC[C@@H]1NC(=O)CN(C)C2=O.Cl. The van der Waals surface area contributed by atoms with Gasteiger partial charge in [0.15, 0.2) is 0 Å². The lowest BCUT2D eigenvalue weighted by Gasteiger charge is -2.23. The predicted octanol–water partition coefficient (Wildman–Crippen LogP) is 2.27. The Morgan fingerprint density at radius 2 is 1.93 bits per heavy atom. The fourth-order valence-electron chi connectivity index (χ4n) is 3.61. The topological polar surface area (TPSA) is 79.9 Å². The smallest absolute Gasteiger partial charge is 0.254 e.